The maximum absolute atomic E-state index is 6.12. The molecule has 0 spiro atoms. The zero-order chi connectivity index (χ0) is 55.1. The molecule has 5 aliphatic heterocycles. The van der Waals surface area contributed by atoms with Crippen LogP contribution in [0.1, 0.15) is 0 Å². The Morgan fingerprint density at radius 3 is 1.06 bits per heavy atom. The van der Waals surface area contributed by atoms with E-state index in [1.54, 1.807) is 12.1 Å². The van der Waals surface area contributed by atoms with Gasteiger partial charge in [-0.2, -0.15) is 15.0 Å². The molecule has 8 heterocycles. The Bertz CT molecular complexity index is 2600. The number of piperazine rings is 3. The van der Waals surface area contributed by atoms with Crippen molar-refractivity contribution in [1.29, 1.82) is 0 Å². The second kappa shape index (κ2) is 31.4. The third kappa shape index (κ3) is 18.5. The molecular weight excluding hydrogens is 1050 g/mol. The number of hydrogen-bond acceptors (Lipinski definition) is 19. The lowest BCUT2D eigenvalue weighted by Crippen LogP contribution is -2.47. The first-order valence-electron chi connectivity index (χ1n) is 26.8. The highest BCUT2D eigenvalue weighted by Gasteiger charge is 2.24. The van der Waals surface area contributed by atoms with Gasteiger partial charge in [-0.1, -0.05) is 89.4 Å². The fourth-order valence-electron chi connectivity index (χ4n) is 8.95. The first-order valence-corrected chi connectivity index (χ1v) is 27.9. The predicted molar refractivity (Wildman–Crippen MR) is 324 cm³/mol. The number of morpholine rings is 2. The van der Waals surface area contributed by atoms with Crippen LogP contribution in [-0.4, -0.2) is 203 Å². The molecule has 5 saturated heterocycles. The molecule has 0 saturated carbocycles. The monoisotopic (exact) mass is 1130 g/mol. The third-order valence-electron chi connectivity index (χ3n) is 13.2. The summed E-state index contributed by atoms with van der Waals surface area (Å²) in [6.07, 6.45) is 0. The van der Waals surface area contributed by atoms with Crippen LogP contribution in [0.25, 0.3) is 0 Å². The van der Waals surface area contributed by atoms with E-state index < -0.39 is 0 Å². The van der Waals surface area contributed by atoms with Gasteiger partial charge in [0.1, 0.15) is 32.9 Å². The van der Waals surface area contributed by atoms with Crippen LogP contribution in [0.15, 0.2) is 109 Å². The highest BCUT2D eigenvalue weighted by atomic mass is 35.5. The van der Waals surface area contributed by atoms with Crippen molar-refractivity contribution in [3.8, 4) is 0 Å². The molecule has 3 aromatic heterocycles. The van der Waals surface area contributed by atoms with Gasteiger partial charge in [-0.15, -0.1) is 0 Å². The molecule has 0 atom stereocenters. The minimum Gasteiger partial charge on any atom is -0.379 e. The van der Waals surface area contributed by atoms with Gasteiger partial charge in [0, 0.05) is 168 Å². The zero-order valence-corrected chi connectivity index (χ0v) is 48.5. The molecule has 78 heavy (non-hydrogen) atoms. The van der Waals surface area contributed by atoms with Crippen molar-refractivity contribution in [3.05, 3.63) is 125 Å². The Balaban J connectivity index is 0.000000158. The highest BCUT2D eigenvalue weighted by Crippen LogP contribution is 2.27. The van der Waals surface area contributed by atoms with Crippen molar-refractivity contribution in [2.75, 3.05) is 218 Å². The predicted octanol–water partition coefficient (Wildman–Crippen LogP) is 6.78. The van der Waals surface area contributed by atoms with Gasteiger partial charge in [-0.05, 0) is 50.5 Å². The average Bonchev–Trinajstić information content (AvgIpc) is 3.49. The van der Waals surface area contributed by atoms with E-state index in [1.807, 2.05) is 59.3 Å². The van der Waals surface area contributed by atoms with Crippen LogP contribution in [0.4, 0.5) is 52.4 Å². The minimum absolute atomic E-state index is 0.380. The molecule has 6 aromatic rings. The van der Waals surface area contributed by atoms with E-state index in [9.17, 15) is 0 Å². The average molecular weight is 1130 g/mol. The SMILES string of the molecule is C1COCCN1.CN(C)c1cc(Cl)nc(N2CCN(c3ccccc3)CC2)n1.CN(C)c1cc(N2CCOCC2)nc(N2CCN(c3ccccc3)CC2)n1.CNC.Clc1cc(Cl)nc(N2CCN(c3ccccc3)CC2)n1. The van der Waals surface area contributed by atoms with E-state index in [4.69, 9.17) is 54.2 Å². The van der Waals surface area contributed by atoms with Crippen molar-refractivity contribution in [1.82, 2.24) is 40.5 Å². The first-order chi connectivity index (χ1) is 38.0. The van der Waals surface area contributed by atoms with Crippen molar-refractivity contribution >= 4 is 87.2 Å². The van der Waals surface area contributed by atoms with Gasteiger partial charge < -0.3 is 64.2 Å². The number of nitrogens with zero attached hydrogens (tertiary/aromatic N) is 15. The van der Waals surface area contributed by atoms with Crippen LogP contribution in [0.3, 0.4) is 0 Å². The molecule has 2 N–H and O–H groups in total. The molecule has 5 aliphatic rings. The lowest BCUT2D eigenvalue weighted by atomic mass is 10.2. The Kier molecular flexibility index (Phi) is 24.0. The van der Waals surface area contributed by atoms with E-state index in [2.05, 4.69) is 155 Å². The van der Waals surface area contributed by atoms with E-state index in [0.29, 0.717) is 27.4 Å². The van der Waals surface area contributed by atoms with E-state index >= 15 is 0 Å². The number of nitrogens with one attached hydrogen (secondary N) is 2. The number of aromatic nitrogens is 6. The summed E-state index contributed by atoms with van der Waals surface area (Å²) >= 11 is 18.0. The van der Waals surface area contributed by atoms with Crippen LogP contribution in [-0.2, 0) is 9.47 Å². The molecule has 11 rings (SSSR count). The Hall–Kier alpha value is -6.19. The van der Waals surface area contributed by atoms with E-state index in [1.165, 1.54) is 17.1 Å². The van der Waals surface area contributed by atoms with Gasteiger partial charge in [0.2, 0.25) is 17.8 Å². The van der Waals surface area contributed by atoms with Gasteiger partial charge >= 0.3 is 0 Å². The summed E-state index contributed by atoms with van der Waals surface area (Å²) in [6, 6.07) is 36.9. The van der Waals surface area contributed by atoms with Gasteiger partial charge in [0.05, 0.1) is 26.4 Å². The molecule has 22 heteroatoms. The molecule has 420 valence electrons. The largest absolute Gasteiger partial charge is 0.379 e. The summed E-state index contributed by atoms with van der Waals surface area (Å²) < 4.78 is 10.5. The highest BCUT2D eigenvalue weighted by molar-refractivity contribution is 6.33. The fraction of sp³-hybridized carbons (Fsp3) is 0.464. The standard InChI is InChI=1S/C20H28N6O.C16H20ClN5.C14H14Cl2N4.C4H9NO.C2H7N/c1-23(2)18-16-19(25-12-14-27-15-13-25)22-20(21-18)26-10-8-24(9-11-26)17-6-4-3-5-7-17;1-20(2)15-12-14(17)18-16(19-15)22-10-8-21(9-11-22)13-6-4-3-5-7-13;15-12-10-13(16)18-14(17-12)20-8-6-19(7-9-20)11-4-2-1-3-5-11;1-3-6-4-2-5-1;1-3-2/h3-7,16H,8-15H2,1-2H3;3-7,12H,8-11H2,1-2H3;1-5,10H,6-9H2;5H,1-4H2;3H,1-2H3. The molecule has 3 aromatic carbocycles. The van der Waals surface area contributed by atoms with Gasteiger partial charge in [0.15, 0.2) is 0 Å². The van der Waals surface area contributed by atoms with Crippen LogP contribution in [0.5, 0.6) is 0 Å². The molecular formula is C56H78Cl3N17O2. The summed E-state index contributed by atoms with van der Waals surface area (Å²) in [7, 11) is 11.7. The summed E-state index contributed by atoms with van der Waals surface area (Å²) in [4.78, 5) is 47.2. The quantitative estimate of drug-likeness (QED) is 0.146. The molecule has 0 unspecified atom stereocenters. The van der Waals surface area contributed by atoms with Crippen molar-refractivity contribution in [3.63, 3.8) is 0 Å². The number of para-hydroxylation sites is 3. The molecule has 0 amide bonds. The number of anilines is 9. The maximum atomic E-state index is 6.12. The molecule has 0 radical (unpaired) electrons. The van der Waals surface area contributed by atoms with Crippen LogP contribution < -0.4 is 54.7 Å². The number of halogens is 3. The van der Waals surface area contributed by atoms with Gasteiger partial charge in [-0.25, -0.2) is 15.0 Å². The second-order valence-corrected chi connectivity index (χ2v) is 20.4. The number of ether oxygens (including phenoxy) is 2. The first kappa shape index (κ1) is 59.5. The van der Waals surface area contributed by atoms with E-state index in [-0.39, 0.29) is 0 Å². The molecule has 5 fully saturated rings. The number of rotatable bonds is 9. The molecule has 0 bridgehead atoms. The van der Waals surface area contributed by atoms with Crippen molar-refractivity contribution in [2.45, 2.75) is 0 Å². The third-order valence-corrected chi connectivity index (χ3v) is 13.7. The van der Waals surface area contributed by atoms with Crippen LogP contribution >= 0.6 is 34.8 Å². The summed E-state index contributed by atoms with van der Waals surface area (Å²) in [5, 5.41) is 7.16. The normalized spacial score (nSPS) is 16.5. The van der Waals surface area contributed by atoms with E-state index in [0.717, 1.165) is 155 Å². The minimum atomic E-state index is 0.380. The van der Waals surface area contributed by atoms with Crippen molar-refractivity contribution < 1.29 is 9.47 Å². The number of benzene rings is 3. The topological polar surface area (TPSA) is 149 Å². The molecule has 0 aliphatic carbocycles. The summed E-state index contributed by atoms with van der Waals surface area (Å²) in [6.45, 7) is 18.2. The Morgan fingerprint density at radius 1 is 0.397 bits per heavy atom. The van der Waals surface area contributed by atoms with Crippen LogP contribution in [0.2, 0.25) is 15.5 Å². The lowest BCUT2D eigenvalue weighted by Gasteiger charge is -2.37. The van der Waals surface area contributed by atoms with Crippen LogP contribution in [0, 0.1) is 0 Å². The Labute approximate surface area is 477 Å². The van der Waals surface area contributed by atoms with Gasteiger partial charge in [-0.3, -0.25) is 0 Å². The molecule has 19 nitrogen and oxygen atoms in total. The Morgan fingerprint density at radius 2 is 0.718 bits per heavy atom. The zero-order valence-electron chi connectivity index (χ0n) is 46.2. The maximum Gasteiger partial charge on any atom is 0.229 e. The van der Waals surface area contributed by atoms with Gasteiger partial charge in [0.25, 0.3) is 0 Å². The lowest BCUT2D eigenvalue weighted by molar-refractivity contribution is 0.109. The van der Waals surface area contributed by atoms with Crippen molar-refractivity contribution in [2.24, 2.45) is 0 Å². The summed E-state index contributed by atoms with van der Waals surface area (Å²) in [5.74, 6) is 4.93. The second-order valence-electron chi connectivity index (χ2n) is 19.2. The number of hydrogen-bond donors (Lipinski definition) is 2. The fourth-order valence-corrected chi connectivity index (χ4v) is 9.53. The smallest absolute Gasteiger partial charge is 0.229 e. The summed E-state index contributed by atoms with van der Waals surface area (Å²) in [5.41, 5.74) is 3.80.